The molecule has 38 valence electrons. The number of rotatable bonds is 1. The molecule has 0 atom stereocenters. The van der Waals surface area contributed by atoms with Gasteiger partial charge in [-0.1, -0.05) is 12.2 Å². The second kappa shape index (κ2) is 1.82. The van der Waals surface area contributed by atoms with Crippen molar-refractivity contribution in [1.82, 2.24) is 0 Å². The monoisotopic (exact) mass is 96.1 g/mol. The standard InChI is InChI=1S/C6H8O/c1-2-3-4-6-5-7-6/h2-4H,5H2,1H3/b3-2-,6-4-. The quantitative estimate of drug-likeness (QED) is 0.450. The van der Waals surface area contributed by atoms with E-state index in [1.54, 1.807) is 0 Å². The molecular weight excluding hydrogens is 88.1 g/mol. The first-order chi connectivity index (χ1) is 3.43. The minimum atomic E-state index is 0.838. The van der Waals surface area contributed by atoms with Crippen molar-refractivity contribution in [3.63, 3.8) is 0 Å². The first kappa shape index (κ1) is 4.44. The van der Waals surface area contributed by atoms with Gasteiger partial charge in [-0.15, -0.1) is 0 Å². The lowest BCUT2D eigenvalue weighted by molar-refractivity contribution is 0.510. The van der Waals surface area contributed by atoms with Crippen LogP contribution in [0.4, 0.5) is 0 Å². The number of allylic oxidation sites excluding steroid dienone is 3. The average molecular weight is 96.1 g/mol. The molecule has 0 bridgehead atoms. The number of epoxide rings is 1. The molecule has 0 aromatic carbocycles. The van der Waals surface area contributed by atoms with E-state index in [9.17, 15) is 0 Å². The maximum atomic E-state index is 4.82. The second-order valence-corrected chi connectivity index (χ2v) is 1.45. The topological polar surface area (TPSA) is 12.5 Å². The first-order valence-electron chi connectivity index (χ1n) is 2.38. The van der Waals surface area contributed by atoms with E-state index in [-0.39, 0.29) is 0 Å². The summed E-state index contributed by atoms with van der Waals surface area (Å²) < 4.78 is 4.82. The molecule has 1 saturated heterocycles. The summed E-state index contributed by atoms with van der Waals surface area (Å²) >= 11 is 0. The molecule has 0 amide bonds. The van der Waals surface area contributed by atoms with Gasteiger partial charge in [0.05, 0.1) is 0 Å². The SMILES string of the molecule is C/C=C\C=C1\CO1. The molecule has 0 N–H and O–H groups in total. The summed E-state index contributed by atoms with van der Waals surface area (Å²) in [6.45, 7) is 2.82. The van der Waals surface area contributed by atoms with E-state index in [4.69, 9.17) is 4.74 Å². The molecule has 1 nitrogen and oxygen atoms in total. The molecule has 1 aliphatic rings. The summed E-state index contributed by atoms with van der Waals surface area (Å²) in [6.07, 6.45) is 5.93. The largest absolute Gasteiger partial charge is 0.486 e. The van der Waals surface area contributed by atoms with Gasteiger partial charge in [-0.25, -0.2) is 0 Å². The Bertz CT molecular complexity index is 105. The van der Waals surface area contributed by atoms with Crippen LogP contribution in [0, 0.1) is 0 Å². The molecule has 1 heteroatoms. The Morgan fingerprint density at radius 2 is 2.43 bits per heavy atom. The summed E-state index contributed by atoms with van der Waals surface area (Å²) in [5, 5.41) is 0. The van der Waals surface area contributed by atoms with E-state index < -0.39 is 0 Å². The molecule has 0 unspecified atom stereocenters. The number of hydrogen-bond acceptors (Lipinski definition) is 1. The van der Waals surface area contributed by atoms with E-state index in [0.717, 1.165) is 12.4 Å². The minimum absolute atomic E-state index is 0.838. The summed E-state index contributed by atoms with van der Waals surface area (Å²) in [5.41, 5.74) is 0. The Morgan fingerprint density at radius 3 is 2.86 bits per heavy atom. The van der Waals surface area contributed by atoms with Crippen LogP contribution in [-0.4, -0.2) is 6.61 Å². The summed E-state index contributed by atoms with van der Waals surface area (Å²) in [6, 6.07) is 0. The Morgan fingerprint density at radius 1 is 1.71 bits per heavy atom. The Balaban J connectivity index is 2.31. The van der Waals surface area contributed by atoms with Crippen LogP contribution in [0.25, 0.3) is 0 Å². The zero-order valence-corrected chi connectivity index (χ0v) is 4.35. The predicted molar refractivity (Wildman–Crippen MR) is 28.8 cm³/mol. The third kappa shape index (κ3) is 1.44. The van der Waals surface area contributed by atoms with Gasteiger partial charge in [0, 0.05) is 0 Å². The Labute approximate surface area is 43.3 Å². The summed E-state index contributed by atoms with van der Waals surface area (Å²) in [7, 11) is 0. The summed E-state index contributed by atoms with van der Waals surface area (Å²) in [4.78, 5) is 0. The highest BCUT2D eigenvalue weighted by atomic mass is 16.6. The molecule has 0 spiro atoms. The van der Waals surface area contributed by atoms with Crippen LogP contribution in [0.15, 0.2) is 24.0 Å². The van der Waals surface area contributed by atoms with Crippen LogP contribution in [0.3, 0.4) is 0 Å². The molecular formula is C6H8O. The highest BCUT2D eigenvalue weighted by molar-refractivity contribution is 5.13. The second-order valence-electron chi connectivity index (χ2n) is 1.45. The van der Waals surface area contributed by atoms with Crippen molar-refractivity contribution in [2.45, 2.75) is 6.92 Å². The van der Waals surface area contributed by atoms with Crippen LogP contribution >= 0.6 is 0 Å². The van der Waals surface area contributed by atoms with Gasteiger partial charge >= 0.3 is 0 Å². The van der Waals surface area contributed by atoms with Gasteiger partial charge in [0.1, 0.15) is 12.4 Å². The molecule has 0 aromatic heterocycles. The molecule has 1 rings (SSSR count). The summed E-state index contributed by atoms with van der Waals surface area (Å²) in [5.74, 6) is 1.10. The lowest BCUT2D eigenvalue weighted by atomic mass is 10.5. The fourth-order valence-electron chi connectivity index (χ4n) is 0.341. The smallest absolute Gasteiger partial charge is 0.145 e. The number of ether oxygens (including phenoxy) is 1. The van der Waals surface area contributed by atoms with E-state index in [1.807, 2.05) is 25.2 Å². The predicted octanol–water partition coefficient (Wildman–Crippen LogP) is 1.48. The van der Waals surface area contributed by atoms with Crippen LogP contribution in [-0.2, 0) is 4.74 Å². The van der Waals surface area contributed by atoms with Crippen molar-refractivity contribution in [3.05, 3.63) is 24.0 Å². The molecule has 1 aliphatic heterocycles. The molecule has 0 radical (unpaired) electrons. The van der Waals surface area contributed by atoms with Gasteiger partial charge in [0.2, 0.25) is 0 Å². The molecule has 1 heterocycles. The van der Waals surface area contributed by atoms with E-state index in [1.165, 1.54) is 0 Å². The number of hydrogen-bond donors (Lipinski definition) is 0. The molecule has 0 saturated carbocycles. The zero-order chi connectivity index (χ0) is 5.11. The van der Waals surface area contributed by atoms with Gasteiger partial charge in [-0.05, 0) is 13.0 Å². The van der Waals surface area contributed by atoms with Crippen molar-refractivity contribution in [1.29, 1.82) is 0 Å². The van der Waals surface area contributed by atoms with Crippen LogP contribution in [0.1, 0.15) is 6.92 Å². The molecule has 7 heavy (non-hydrogen) atoms. The van der Waals surface area contributed by atoms with E-state index in [2.05, 4.69) is 0 Å². The van der Waals surface area contributed by atoms with Crippen molar-refractivity contribution >= 4 is 0 Å². The van der Waals surface area contributed by atoms with Crippen molar-refractivity contribution in [3.8, 4) is 0 Å². The Hall–Kier alpha value is -0.720. The lowest BCUT2D eigenvalue weighted by Gasteiger charge is -1.62. The maximum absolute atomic E-state index is 4.82. The molecule has 1 fully saturated rings. The fraction of sp³-hybridized carbons (Fsp3) is 0.333. The van der Waals surface area contributed by atoms with Crippen LogP contribution in [0.5, 0.6) is 0 Å². The van der Waals surface area contributed by atoms with Crippen LogP contribution < -0.4 is 0 Å². The van der Waals surface area contributed by atoms with Crippen molar-refractivity contribution in [2.24, 2.45) is 0 Å². The van der Waals surface area contributed by atoms with Gasteiger partial charge in [0.15, 0.2) is 0 Å². The molecule has 0 aliphatic carbocycles. The van der Waals surface area contributed by atoms with E-state index >= 15 is 0 Å². The van der Waals surface area contributed by atoms with Gasteiger partial charge in [-0.2, -0.15) is 0 Å². The highest BCUT2D eigenvalue weighted by Gasteiger charge is 2.09. The lowest BCUT2D eigenvalue weighted by Crippen LogP contribution is -1.45. The normalized spacial score (nSPS) is 23.3. The maximum Gasteiger partial charge on any atom is 0.145 e. The highest BCUT2D eigenvalue weighted by Crippen LogP contribution is 2.12. The minimum Gasteiger partial charge on any atom is -0.486 e. The third-order valence-corrected chi connectivity index (χ3v) is 0.786. The zero-order valence-electron chi connectivity index (χ0n) is 4.35. The van der Waals surface area contributed by atoms with Gasteiger partial charge in [0.25, 0.3) is 0 Å². The molecule has 0 aromatic rings. The van der Waals surface area contributed by atoms with Crippen molar-refractivity contribution in [2.75, 3.05) is 6.61 Å². The van der Waals surface area contributed by atoms with E-state index in [0.29, 0.717) is 0 Å². The van der Waals surface area contributed by atoms with Crippen molar-refractivity contribution < 1.29 is 4.74 Å². The Kier molecular flexibility index (Phi) is 1.16. The van der Waals surface area contributed by atoms with Gasteiger partial charge in [-0.3, -0.25) is 0 Å². The first-order valence-corrected chi connectivity index (χ1v) is 2.38. The fourth-order valence-corrected chi connectivity index (χ4v) is 0.341. The van der Waals surface area contributed by atoms with Crippen LogP contribution in [0.2, 0.25) is 0 Å². The third-order valence-electron chi connectivity index (χ3n) is 0.786. The van der Waals surface area contributed by atoms with Gasteiger partial charge < -0.3 is 4.74 Å². The average Bonchev–Trinajstić information content (AvgIpc) is 2.42.